The summed E-state index contributed by atoms with van der Waals surface area (Å²) in [4.78, 5) is 5.10. The van der Waals surface area contributed by atoms with E-state index < -0.39 is 0 Å². The van der Waals surface area contributed by atoms with Gasteiger partial charge in [-0.15, -0.1) is 0 Å². The first-order chi connectivity index (χ1) is 7.28. The van der Waals surface area contributed by atoms with Crippen LogP contribution in [0.15, 0.2) is 0 Å². The molecule has 88 valence electrons. The molecule has 0 aromatic carbocycles. The second-order valence-corrected chi connectivity index (χ2v) is 4.91. The molecule has 0 saturated carbocycles. The van der Waals surface area contributed by atoms with E-state index in [9.17, 15) is 0 Å². The molecule has 0 aliphatic carbocycles. The number of rotatable bonds is 4. The molecule has 2 rings (SSSR count). The molecule has 4 heteroatoms. The van der Waals surface area contributed by atoms with E-state index in [2.05, 4.69) is 16.7 Å². The maximum absolute atomic E-state index is 5.72. The summed E-state index contributed by atoms with van der Waals surface area (Å²) in [6.07, 6.45) is 1.35. The van der Waals surface area contributed by atoms with Crippen molar-refractivity contribution in [2.75, 3.05) is 52.4 Å². The molecule has 0 aromatic heterocycles. The Kier molecular flexibility index (Phi) is 3.97. The molecule has 0 unspecified atom stereocenters. The summed E-state index contributed by atoms with van der Waals surface area (Å²) in [6, 6.07) is 0. The van der Waals surface area contributed by atoms with Gasteiger partial charge < -0.3 is 4.90 Å². The quantitative estimate of drug-likeness (QED) is 0.656. The minimum atomic E-state index is 0.978. The van der Waals surface area contributed by atoms with Gasteiger partial charge >= 0.3 is 0 Å². The lowest BCUT2D eigenvalue weighted by Gasteiger charge is -2.41. The average Bonchev–Trinajstić information content (AvgIpc) is 2.19. The van der Waals surface area contributed by atoms with Crippen LogP contribution in [0.1, 0.15) is 13.3 Å². The second-order valence-electron chi connectivity index (χ2n) is 4.91. The smallest absolute Gasteiger partial charge is 0.0257 e. The number of nitrogens with two attached hydrogens (primary N) is 1. The Hall–Kier alpha value is -0.160. The molecule has 4 nitrogen and oxygen atoms in total. The molecule has 2 saturated heterocycles. The van der Waals surface area contributed by atoms with Crippen molar-refractivity contribution in [2.24, 2.45) is 11.8 Å². The molecule has 15 heavy (non-hydrogen) atoms. The Bertz CT molecular complexity index is 183. The number of likely N-dealkylation sites (tertiary alicyclic amines) is 1. The van der Waals surface area contributed by atoms with E-state index in [1.165, 1.54) is 32.6 Å². The van der Waals surface area contributed by atoms with Gasteiger partial charge in [-0.05, 0) is 5.92 Å². The molecule has 2 aliphatic heterocycles. The van der Waals surface area contributed by atoms with Crippen LogP contribution >= 0.6 is 0 Å². The minimum Gasteiger partial charge on any atom is -0.301 e. The molecular weight excluding hydrogens is 188 g/mol. The zero-order valence-corrected chi connectivity index (χ0v) is 9.86. The predicted molar refractivity (Wildman–Crippen MR) is 62.4 cm³/mol. The van der Waals surface area contributed by atoms with Gasteiger partial charge in [0.2, 0.25) is 0 Å². The molecule has 2 fully saturated rings. The topological polar surface area (TPSA) is 35.7 Å². The van der Waals surface area contributed by atoms with Gasteiger partial charge in [0.25, 0.3) is 0 Å². The zero-order chi connectivity index (χ0) is 10.7. The van der Waals surface area contributed by atoms with Crippen molar-refractivity contribution in [3.8, 4) is 0 Å². The molecule has 2 heterocycles. The summed E-state index contributed by atoms with van der Waals surface area (Å²) < 4.78 is 0. The van der Waals surface area contributed by atoms with Crippen LogP contribution < -0.4 is 5.84 Å². The highest BCUT2D eigenvalue weighted by Gasteiger charge is 2.25. The molecular formula is C11H24N4. The van der Waals surface area contributed by atoms with Crippen molar-refractivity contribution >= 4 is 0 Å². The molecule has 0 bridgehead atoms. The van der Waals surface area contributed by atoms with E-state index in [0.717, 1.165) is 32.1 Å². The van der Waals surface area contributed by atoms with Gasteiger partial charge in [-0.3, -0.25) is 10.7 Å². The average molecular weight is 212 g/mol. The largest absolute Gasteiger partial charge is 0.301 e. The Labute approximate surface area is 93.0 Å². The summed E-state index contributed by atoms with van der Waals surface area (Å²) in [5.41, 5.74) is 0. The number of hydrogen-bond donors (Lipinski definition) is 1. The van der Waals surface area contributed by atoms with E-state index in [0.29, 0.717) is 0 Å². The van der Waals surface area contributed by atoms with Gasteiger partial charge in [-0.1, -0.05) is 13.3 Å². The van der Waals surface area contributed by atoms with Gasteiger partial charge in [0, 0.05) is 52.4 Å². The van der Waals surface area contributed by atoms with Crippen molar-refractivity contribution in [3.05, 3.63) is 0 Å². The molecule has 2 N–H and O–H groups in total. The Balaban J connectivity index is 1.55. The number of hydrazine groups is 1. The van der Waals surface area contributed by atoms with Crippen LogP contribution in [-0.2, 0) is 0 Å². The van der Waals surface area contributed by atoms with Crippen LogP contribution in [0, 0.1) is 5.92 Å². The molecule has 0 amide bonds. The van der Waals surface area contributed by atoms with Gasteiger partial charge in [0.05, 0.1) is 0 Å². The Morgan fingerprint density at radius 2 is 1.60 bits per heavy atom. The fourth-order valence-corrected chi connectivity index (χ4v) is 2.39. The highest BCUT2D eigenvalue weighted by atomic mass is 15.4. The van der Waals surface area contributed by atoms with Gasteiger partial charge in [0.1, 0.15) is 0 Å². The van der Waals surface area contributed by atoms with Crippen LogP contribution in [0.25, 0.3) is 0 Å². The Morgan fingerprint density at radius 3 is 2.20 bits per heavy atom. The summed E-state index contributed by atoms with van der Waals surface area (Å²) in [5, 5.41) is 1.92. The van der Waals surface area contributed by atoms with E-state index in [1.807, 2.05) is 5.01 Å². The SMILES string of the molecule is CCC1CN(CCN2CCN(N)CC2)C1. The monoisotopic (exact) mass is 212 g/mol. The van der Waals surface area contributed by atoms with Crippen molar-refractivity contribution < 1.29 is 0 Å². The van der Waals surface area contributed by atoms with Crippen LogP contribution in [0.5, 0.6) is 0 Å². The number of hydrogen-bond acceptors (Lipinski definition) is 4. The molecule has 0 radical (unpaired) electrons. The standard InChI is InChI=1S/C11H24N4/c1-2-11-9-14(10-11)4-3-13-5-7-15(12)8-6-13/h11H,2-10,12H2,1H3. The van der Waals surface area contributed by atoms with Crippen LogP contribution in [0.3, 0.4) is 0 Å². The highest BCUT2D eigenvalue weighted by Crippen LogP contribution is 2.17. The number of piperazine rings is 1. The van der Waals surface area contributed by atoms with Crippen LogP contribution in [0.4, 0.5) is 0 Å². The predicted octanol–water partition coefficient (Wildman–Crippen LogP) is -0.180. The lowest BCUT2D eigenvalue weighted by atomic mass is 9.97. The maximum atomic E-state index is 5.72. The minimum absolute atomic E-state index is 0.978. The lowest BCUT2D eigenvalue weighted by molar-refractivity contribution is 0.0679. The third kappa shape index (κ3) is 3.14. The van der Waals surface area contributed by atoms with E-state index in [4.69, 9.17) is 5.84 Å². The van der Waals surface area contributed by atoms with Gasteiger partial charge in [-0.2, -0.15) is 0 Å². The first-order valence-corrected chi connectivity index (χ1v) is 6.22. The van der Waals surface area contributed by atoms with Crippen LogP contribution in [-0.4, -0.2) is 67.2 Å². The lowest BCUT2D eigenvalue weighted by Crippen LogP contribution is -2.53. The third-order valence-electron chi connectivity index (χ3n) is 3.75. The van der Waals surface area contributed by atoms with Crippen molar-refractivity contribution in [3.63, 3.8) is 0 Å². The van der Waals surface area contributed by atoms with E-state index in [1.54, 1.807) is 0 Å². The first kappa shape index (κ1) is 11.3. The summed E-state index contributed by atoms with van der Waals surface area (Å²) >= 11 is 0. The van der Waals surface area contributed by atoms with Crippen molar-refractivity contribution in [2.45, 2.75) is 13.3 Å². The second kappa shape index (κ2) is 5.25. The normalized spacial score (nSPS) is 26.8. The summed E-state index contributed by atoms with van der Waals surface area (Å²) in [6.45, 7) is 11.8. The zero-order valence-electron chi connectivity index (χ0n) is 9.86. The highest BCUT2D eigenvalue weighted by molar-refractivity contribution is 4.80. The van der Waals surface area contributed by atoms with E-state index >= 15 is 0 Å². The van der Waals surface area contributed by atoms with Crippen molar-refractivity contribution in [1.29, 1.82) is 0 Å². The molecule has 0 spiro atoms. The first-order valence-electron chi connectivity index (χ1n) is 6.22. The van der Waals surface area contributed by atoms with E-state index in [-0.39, 0.29) is 0 Å². The third-order valence-corrected chi connectivity index (χ3v) is 3.75. The molecule has 0 atom stereocenters. The fraction of sp³-hybridized carbons (Fsp3) is 1.00. The van der Waals surface area contributed by atoms with Crippen LogP contribution in [0.2, 0.25) is 0 Å². The van der Waals surface area contributed by atoms with Crippen molar-refractivity contribution in [1.82, 2.24) is 14.8 Å². The summed E-state index contributed by atoms with van der Waals surface area (Å²) in [5.74, 6) is 6.70. The fourth-order valence-electron chi connectivity index (χ4n) is 2.39. The molecule has 0 aromatic rings. The Morgan fingerprint density at radius 1 is 1.00 bits per heavy atom. The maximum Gasteiger partial charge on any atom is 0.0257 e. The van der Waals surface area contributed by atoms with Gasteiger partial charge in [-0.25, -0.2) is 5.01 Å². The molecule has 2 aliphatic rings. The van der Waals surface area contributed by atoms with Gasteiger partial charge in [0.15, 0.2) is 0 Å². The number of nitrogens with zero attached hydrogens (tertiary/aromatic N) is 3. The summed E-state index contributed by atoms with van der Waals surface area (Å²) in [7, 11) is 0.